The van der Waals surface area contributed by atoms with Gasteiger partial charge in [0.2, 0.25) is 0 Å². The van der Waals surface area contributed by atoms with Gasteiger partial charge in [-0.05, 0) is 35.8 Å². The number of rotatable bonds is 1. The zero-order valence-electron chi connectivity index (χ0n) is 9.13. The van der Waals surface area contributed by atoms with Crippen molar-refractivity contribution in [3.05, 3.63) is 22.9 Å². The van der Waals surface area contributed by atoms with Crippen molar-refractivity contribution in [2.45, 2.75) is 19.4 Å². The van der Waals surface area contributed by atoms with Gasteiger partial charge in [0.25, 0.3) is 0 Å². The summed E-state index contributed by atoms with van der Waals surface area (Å²) >= 11 is 3.45. The summed E-state index contributed by atoms with van der Waals surface area (Å²) in [7, 11) is 0. The van der Waals surface area contributed by atoms with E-state index in [0.717, 1.165) is 24.1 Å². The summed E-state index contributed by atoms with van der Waals surface area (Å²) in [5, 5.41) is 3.50. The van der Waals surface area contributed by atoms with Crippen LogP contribution in [0.2, 0.25) is 0 Å². The number of nitrogens with zero attached hydrogens (tertiary/aromatic N) is 2. The number of aromatic nitrogens is 1. The average Bonchev–Trinajstić information content (AvgIpc) is 2.16. The summed E-state index contributed by atoms with van der Waals surface area (Å²) in [6.45, 7) is 7.54. The van der Waals surface area contributed by atoms with E-state index >= 15 is 0 Å². The summed E-state index contributed by atoms with van der Waals surface area (Å²) < 4.78 is 1.04. The van der Waals surface area contributed by atoms with Crippen LogP contribution in [0.5, 0.6) is 0 Å². The highest BCUT2D eigenvalue weighted by Crippen LogP contribution is 2.21. The third-order valence-electron chi connectivity index (χ3n) is 2.63. The minimum atomic E-state index is 0.181. The van der Waals surface area contributed by atoms with E-state index in [9.17, 15) is 0 Å². The zero-order valence-corrected chi connectivity index (χ0v) is 10.7. The molecule has 3 nitrogen and oxygen atoms in total. The first-order valence-electron chi connectivity index (χ1n) is 5.17. The van der Waals surface area contributed by atoms with Crippen molar-refractivity contribution in [3.63, 3.8) is 0 Å². The molecule has 1 aliphatic rings. The van der Waals surface area contributed by atoms with Crippen LogP contribution in [0.4, 0.5) is 5.69 Å². The van der Waals surface area contributed by atoms with Crippen molar-refractivity contribution in [2.75, 3.05) is 24.5 Å². The molecule has 0 amide bonds. The van der Waals surface area contributed by atoms with Crippen LogP contribution in [0.3, 0.4) is 0 Å². The molecule has 0 saturated carbocycles. The Morgan fingerprint density at radius 2 is 2.27 bits per heavy atom. The van der Waals surface area contributed by atoms with E-state index in [4.69, 9.17) is 0 Å². The zero-order chi connectivity index (χ0) is 10.9. The second-order valence-corrected chi connectivity index (χ2v) is 5.51. The van der Waals surface area contributed by atoms with E-state index in [2.05, 4.69) is 51.0 Å². The van der Waals surface area contributed by atoms with Crippen LogP contribution >= 0.6 is 15.9 Å². The first-order valence-corrected chi connectivity index (χ1v) is 5.97. The third-order valence-corrected chi connectivity index (χ3v) is 3.06. The first-order chi connectivity index (χ1) is 7.07. The van der Waals surface area contributed by atoms with Crippen molar-refractivity contribution in [2.24, 2.45) is 0 Å². The number of nitrogens with one attached hydrogen (secondary N) is 1. The molecule has 1 fully saturated rings. The van der Waals surface area contributed by atoms with Gasteiger partial charge in [-0.3, -0.25) is 4.98 Å². The molecule has 0 aromatic carbocycles. The Hall–Kier alpha value is -0.610. The van der Waals surface area contributed by atoms with Crippen molar-refractivity contribution in [1.29, 1.82) is 0 Å². The van der Waals surface area contributed by atoms with Gasteiger partial charge in [-0.25, -0.2) is 0 Å². The van der Waals surface area contributed by atoms with E-state index < -0.39 is 0 Å². The summed E-state index contributed by atoms with van der Waals surface area (Å²) in [4.78, 5) is 6.57. The van der Waals surface area contributed by atoms with Crippen LogP contribution in [0.25, 0.3) is 0 Å². The molecule has 0 bridgehead atoms. The quantitative estimate of drug-likeness (QED) is 0.846. The molecule has 82 valence electrons. The van der Waals surface area contributed by atoms with E-state index in [1.54, 1.807) is 0 Å². The second-order valence-electron chi connectivity index (χ2n) is 4.59. The maximum Gasteiger partial charge on any atom is 0.0565 e. The van der Waals surface area contributed by atoms with E-state index in [1.807, 2.05) is 12.4 Å². The Morgan fingerprint density at radius 1 is 1.47 bits per heavy atom. The van der Waals surface area contributed by atoms with Gasteiger partial charge in [-0.15, -0.1) is 0 Å². The fraction of sp³-hybridized carbons (Fsp3) is 0.545. The minimum Gasteiger partial charge on any atom is -0.367 e. The molecule has 0 aliphatic carbocycles. The standard InChI is InChI=1S/C11H16BrN3/c1-11(2)8-15(4-3-14-11)10-5-9(12)6-13-7-10/h5-7,14H,3-4,8H2,1-2H3. The normalized spacial score (nSPS) is 20.3. The van der Waals surface area contributed by atoms with Crippen molar-refractivity contribution < 1.29 is 0 Å². The molecule has 0 radical (unpaired) electrons. The Bertz CT molecular complexity index is 351. The van der Waals surface area contributed by atoms with Gasteiger partial charge >= 0.3 is 0 Å². The molecule has 2 heterocycles. The molecular weight excluding hydrogens is 254 g/mol. The monoisotopic (exact) mass is 269 g/mol. The summed E-state index contributed by atoms with van der Waals surface area (Å²) in [6.07, 6.45) is 3.74. The third kappa shape index (κ3) is 2.69. The summed E-state index contributed by atoms with van der Waals surface area (Å²) in [6, 6.07) is 2.12. The van der Waals surface area contributed by atoms with Gasteiger partial charge in [0.15, 0.2) is 0 Å². The van der Waals surface area contributed by atoms with Crippen molar-refractivity contribution >= 4 is 21.6 Å². The Morgan fingerprint density at radius 3 is 2.93 bits per heavy atom. The lowest BCUT2D eigenvalue weighted by Crippen LogP contribution is -2.57. The van der Waals surface area contributed by atoms with Gasteiger partial charge in [0.1, 0.15) is 0 Å². The lowest BCUT2D eigenvalue weighted by molar-refractivity contribution is 0.353. The molecular formula is C11H16BrN3. The summed E-state index contributed by atoms with van der Waals surface area (Å²) in [5.74, 6) is 0. The number of pyridine rings is 1. The van der Waals surface area contributed by atoms with Crippen molar-refractivity contribution in [3.8, 4) is 0 Å². The van der Waals surface area contributed by atoms with Gasteiger partial charge in [-0.1, -0.05) is 0 Å². The first kappa shape index (κ1) is 10.9. The Balaban J connectivity index is 2.17. The molecule has 15 heavy (non-hydrogen) atoms. The summed E-state index contributed by atoms with van der Waals surface area (Å²) in [5.41, 5.74) is 1.37. The highest BCUT2D eigenvalue weighted by atomic mass is 79.9. The fourth-order valence-corrected chi connectivity index (χ4v) is 2.29. The number of hydrogen-bond acceptors (Lipinski definition) is 3. The number of halogens is 1. The molecule has 1 N–H and O–H groups in total. The molecule has 1 aliphatic heterocycles. The molecule has 2 rings (SSSR count). The van der Waals surface area contributed by atoms with Gasteiger partial charge in [0, 0.05) is 35.8 Å². The Kier molecular flexibility index (Phi) is 2.98. The molecule has 4 heteroatoms. The molecule has 1 saturated heterocycles. The van der Waals surface area contributed by atoms with Crippen LogP contribution in [-0.4, -0.2) is 30.2 Å². The Labute approximate surface area is 99.0 Å². The van der Waals surface area contributed by atoms with E-state index in [-0.39, 0.29) is 5.54 Å². The highest BCUT2D eigenvalue weighted by molar-refractivity contribution is 9.10. The van der Waals surface area contributed by atoms with Crippen LogP contribution < -0.4 is 10.2 Å². The van der Waals surface area contributed by atoms with Crippen LogP contribution in [0.1, 0.15) is 13.8 Å². The maximum atomic E-state index is 4.20. The van der Waals surface area contributed by atoms with Gasteiger partial charge < -0.3 is 10.2 Å². The van der Waals surface area contributed by atoms with Crippen LogP contribution in [-0.2, 0) is 0 Å². The smallest absolute Gasteiger partial charge is 0.0565 e. The fourth-order valence-electron chi connectivity index (χ4n) is 1.94. The highest BCUT2D eigenvalue weighted by Gasteiger charge is 2.25. The predicted molar refractivity (Wildman–Crippen MR) is 66.2 cm³/mol. The maximum absolute atomic E-state index is 4.20. The van der Waals surface area contributed by atoms with Gasteiger partial charge in [-0.2, -0.15) is 0 Å². The second kappa shape index (κ2) is 4.10. The van der Waals surface area contributed by atoms with E-state index in [1.165, 1.54) is 5.69 Å². The number of piperazine rings is 1. The number of anilines is 1. The van der Waals surface area contributed by atoms with Crippen LogP contribution in [0.15, 0.2) is 22.9 Å². The lowest BCUT2D eigenvalue weighted by atomic mass is 10.0. The van der Waals surface area contributed by atoms with Crippen molar-refractivity contribution in [1.82, 2.24) is 10.3 Å². The lowest BCUT2D eigenvalue weighted by Gasteiger charge is -2.40. The minimum absolute atomic E-state index is 0.181. The SMILES string of the molecule is CC1(C)CN(c2cncc(Br)c2)CCN1. The molecule has 1 aromatic heterocycles. The average molecular weight is 270 g/mol. The predicted octanol–water partition coefficient (Wildman–Crippen LogP) is 2.03. The largest absolute Gasteiger partial charge is 0.367 e. The molecule has 0 atom stereocenters. The van der Waals surface area contributed by atoms with Gasteiger partial charge in [0.05, 0.1) is 11.9 Å². The van der Waals surface area contributed by atoms with Crippen LogP contribution in [0, 0.1) is 0 Å². The van der Waals surface area contributed by atoms with E-state index in [0.29, 0.717) is 0 Å². The topological polar surface area (TPSA) is 28.2 Å². The number of hydrogen-bond donors (Lipinski definition) is 1. The molecule has 1 aromatic rings. The molecule has 0 spiro atoms. The molecule has 0 unspecified atom stereocenters.